The lowest BCUT2D eigenvalue weighted by atomic mass is 10.1. The Balaban J connectivity index is 0.00000242. The van der Waals surface area contributed by atoms with E-state index < -0.39 is 10.0 Å². The standard InChI is InChI=1S/C14H21ClN2O3S.ClH/c1-10-7-13(20-3)12(15)8-14(10)21(18,19)17-6-4-5-11(9-17)16-2;/h7-8,11,16H,4-6,9H2,1-3H3;1H. The number of sulfonamides is 1. The van der Waals surface area contributed by atoms with Crippen molar-refractivity contribution in [2.75, 3.05) is 27.2 Å². The molecule has 0 aliphatic carbocycles. The van der Waals surface area contributed by atoms with Gasteiger partial charge < -0.3 is 10.1 Å². The summed E-state index contributed by atoms with van der Waals surface area (Å²) in [5.41, 5.74) is 0.642. The second-order valence-corrected chi connectivity index (χ2v) is 7.56. The fourth-order valence-electron chi connectivity index (χ4n) is 2.61. The van der Waals surface area contributed by atoms with E-state index >= 15 is 0 Å². The van der Waals surface area contributed by atoms with Gasteiger partial charge in [-0.3, -0.25) is 0 Å². The molecule has 1 aromatic carbocycles. The van der Waals surface area contributed by atoms with Crippen molar-refractivity contribution < 1.29 is 13.2 Å². The molecule has 1 aromatic rings. The number of halogens is 2. The van der Waals surface area contributed by atoms with Gasteiger partial charge in [-0.25, -0.2) is 8.42 Å². The fraction of sp³-hybridized carbons (Fsp3) is 0.571. The van der Waals surface area contributed by atoms with Gasteiger partial charge in [-0.05, 0) is 44.5 Å². The molecule has 1 N–H and O–H groups in total. The highest BCUT2D eigenvalue weighted by atomic mass is 35.5. The average molecular weight is 369 g/mol. The first kappa shape index (κ1) is 19.5. The second-order valence-electron chi connectivity index (χ2n) is 5.24. The third-order valence-electron chi connectivity index (χ3n) is 3.86. The van der Waals surface area contributed by atoms with E-state index in [9.17, 15) is 8.42 Å². The molecule has 1 fully saturated rings. The second kappa shape index (κ2) is 7.84. The quantitative estimate of drug-likeness (QED) is 0.886. The normalized spacial score (nSPS) is 19.5. The molecule has 0 radical (unpaired) electrons. The maximum atomic E-state index is 12.8. The predicted octanol–water partition coefficient (Wildman–Crippen LogP) is 2.45. The van der Waals surface area contributed by atoms with Crippen LogP contribution in [0.25, 0.3) is 0 Å². The summed E-state index contributed by atoms with van der Waals surface area (Å²) < 4.78 is 32.3. The smallest absolute Gasteiger partial charge is 0.243 e. The Labute approximate surface area is 143 Å². The number of likely N-dealkylation sites (N-methyl/N-ethyl adjacent to an activating group) is 1. The van der Waals surface area contributed by atoms with Crippen LogP contribution in [0, 0.1) is 6.92 Å². The van der Waals surface area contributed by atoms with E-state index in [0.717, 1.165) is 12.8 Å². The highest BCUT2D eigenvalue weighted by Gasteiger charge is 2.31. The zero-order valence-electron chi connectivity index (χ0n) is 12.9. The van der Waals surface area contributed by atoms with Gasteiger partial charge in [-0.15, -0.1) is 12.4 Å². The third-order valence-corrected chi connectivity index (χ3v) is 6.16. The number of rotatable bonds is 4. The summed E-state index contributed by atoms with van der Waals surface area (Å²) in [6.45, 7) is 2.79. The molecule has 126 valence electrons. The number of hydrogen-bond acceptors (Lipinski definition) is 4. The van der Waals surface area contributed by atoms with Crippen LogP contribution in [0.15, 0.2) is 17.0 Å². The molecule has 0 bridgehead atoms. The van der Waals surface area contributed by atoms with Crippen LogP contribution in [0.1, 0.15) is 18.4 Å². The lowest BCUT2D eigenvalue weighted by Gasteiger charge is -2.32. The third kappa shape index (κ3) is 3.86. The van der Waals surface area contributed by atoms with Gasteiger partial charge in [0.2, 0.25) is 10.0 Å². The van der Waals surface area contributed by atoms with E-state index in [1.807, 2.05) is 7.05 Å². The van der Waals surface area contributed by atoms with Gasteiger partial charge in [-0.1, -0.05) is 11.6 Å². The minimum absolute atomic E-state index is 0. The molecule has 1 aliphatic rings. The first-order valence-corrected chi connectivity index (χ1v) is 8.73. The monoisotopic (exact) mass is 368 g/mol. The van der Waals surface area contributed by atoms with Crippen LogP contribution in [0.4, 0.5) is 0 Å². The van der Waals surface area contributed by atoms with Crippen LogP contribution in [-0.4, -0.2) is 46.0 Å². The van der Waals surface area contributed by atoms with Crippen molar-refractivity contribution in [1.29, 1.82) is 0 Å². The van der Waals surface area contributed by atoms with E-state index in [4.69, 9.17) is 16.3 Å². The summed E-state index contributed by atoms with van der Waals surface area (Å²) in [7, 11) is -0.162. The number of ether oxygens (including phenoxy) is 1. The van der Waals surface area contributed by atoms with E-state index in [2.05, 4.69) is 5.32 Å². The van der Waals surface area contributed by atoms with Gasteiger partial charge in [0.15, 0.2) is 0 Å². The lowest BCUT2D eigenvalue weighted by Crippen LogP contribution is -2.46. The zero-order valence-corrected chi connectivity index (χ0v) is 15.3. The molecular formula is C14H22Cl2N2O3S. The Bertz CT molecular complexity index is 623. The fourth-order valence-corrected chi connectivity index (χ4v) is 4.67. The highest BCUT2D eigenvalue weighted by Crippen LogP contribution is 2.32. The molecule has 1 saturated heterocycles. The first-order chi connectivity index (χ1) is 9.90. The largest absolute Gasteiger partial charge is 0.495 e. The molecule has 1 heterocycles. The van der Waals surface area contributed by atoms with Crippen LogP contribution >= 0.6 is 24.0 Å². The van der Waals surface area contributed by atoms with Crippen molar-refractivity contribution in [2.45, 2.75) is 30.7 Å². The van der Waals surface area contributed by atoms with Gasteiger partial charge in [0.25, 0.3) is 0 Å². The maximum Gasteiger partial charge on any atom is 0.243 e. The maximum absolute atomic E-state index is 12.8. The van der Waals surface area contributed by atoms with Crippen molar-refractivity contribution in [2.24, 2.45) is 0 Å². The molecule has 2 rings (SSSR count). The SMILES string of the molecule is CNC1CCCN(S(=O)(=O)c2cc(Cl)c(OC)cc2C)C1.Cl. The number of nitrogens with one attached hydrogen (secondary N) is 1. The van der Waals surface area contributed by atoms with E-state index in [1.165, 1.54) is 17.5 Å². The number of piperidine rings is 1. The van der Waals surface area contributed by atoms with Crippen LogP contribution < -0.4 is 10.1 Å². The Kier molecular flexibility index (Phi) is 6.95. The molecule has 0 spiro atoms. The first-order valence-electron chi connectivity index (χ1n) is 6.91. The molecule has 0 amide bonds. The zero-order chi connectivity index (χ0) is 15.6. The van der Waals surface area contributed by atoms with E-state index in [1.54, 1.807) is 13.0 Å². The predicted molar refractivity (Wildman–Crippen MR) is 90.8 cm³/mol. The summed E-state index contributed by atoms with van der Waals surface area (Å²) in [5.74, 6) is 0.486. The van der Waals surface area contributed by atoms with Gasteiger partial charge >= 0.3 is 0 Å². The van der Waals surface area contributed by atoms with E-state index in [0.29, 0.717) is 29.4 Å². The number of hydrogen-bond donors (Lipinski definition) is 1. The number of benzene rings is 1. The average Bonchev–Trinajstić information content (AvgIpc) is 2.49. The molecule has 0 saturated carbocycles. The summed E-state index contributed by atoms with van der Waals surface area (Å²) in [6.07, 6.45) is 1.85. The number of methoxy groups -OCH3 is 1. The Morgan fingerprint density at radius 2 is 2.09 bits per heavy atom. The minimum atomic E-state index is -3.53. The molecule has 5 nitrogen and oxygen atoms in total. The summed E-state index contributed by atoms with van der Waals surface area (Å²) in [6, 6.07) is 3.34. The number of nitrogens with zero attached hydrogens (tertiary/aromatic N) is 1. The number of aryl methyl sites for hydroxylation is 1. The molecule has 1 aliphatic heterocycles. The van der Waals surface area contributed by atoms with Crippen LogP contribution in [-0.2, 0) is 10.0 Å². The Morgan fingerprint density at radius 1 is 1.41 bits per heavy atom. The minimum Gasteiger partial charge on any atom is -0.495 e. The van der Waals surface area contributed by atoms with Gasteiger partial charge in [0.05, 0.1) is 17.0 Å². The van der Waals surface area contributed by atoms with Gasteiger partial charge in [-0.2, -0.15) is 4.31 Å². The van der Waals surface area contributed by atoms with Crippen molar-refractivity contribution in [3.05, 3.63) is 22.7 Å². The Morgan fingerprint density at radius 3 is 2.68 bits per heavy atom. The summed E-state index contributed by atoms with van der Waals surface area (Å²) >= 11 is 6.08. The van der Waals surface area contributed by atoms with Crippen LogP contribution in [0.3, 0.4) is 0 Å². The Hall–Kier alpha value is -0.530. The summed E-state index contributed by atoms with van der Waals surface area (Å²) in [5, 5.41) is 3.46. The van der Waals surface area contributed by atoms with Crippen molar-refractivity contribution in [1.82, 2.24) is 9.62 Å². The van der Waals surface area contributed by atoms with Crippen molar-refractivity contribution >= 4 is 34.0 Å². The summed E-state index contributed by atoms with van der Waals surface area (Å²) in [4.78, 5) is 0.255. The lowest BCUT2D eigenvalue weighted by molar-refractivity contribution is 0.292. The molecular weight excluding hydrogens is 347 g/mol. The molecule has 8 heteroatoms. The van der Waals surface area contributed by atoms with Crippen LogP contribution in [0.2, 0.25) is 5.02 Å². The molecule has 1 unspecified atom stereocenters. The van der Waals surface area contributed by atoms with Crippen molar-refractivity contribution in [3.63, 3.8) is 0 Å². The molecule has 0 aromatic heterocycles. The topological polar surface area (TPSA) is 58.6 Å². The van der Waals surface area contributed by atoms with Crippen LogP contribution in [0.5, 0.6) is 5.75 Å². The van der Waals surface area contributed by atoms with Gasteiger partial charge in [0.1, 0.15) is 5.75 Å². The van der Waals surface area contributed by atoms with Crippen molar-refractivity contribution in [3.8, 4) is 5.75 Å². The molecule has 22 heavy (non-hydrogen) atoms. The highest BCUT2D eigenvalue weighted by molar-refractivity contribution is 7.89. The van der Waals surface area contributed by atoms with E-state index in [-0.39, 0.29) is 23.3 Å². The molecule has 1 atom stereocenters. The van der Waals surface area contributed by atoms with Gasteiger partial charge in [0, 0.05) is 19.1 Å².